The van der Waals surface area contributed by atoms with Crippen molar-refractivity contribution >= 4 is 39.1 Å². The first-order valence-electron chi connectivity index (χ1n) is 6.89. The lowest BCUT2D eigenvalue weighted by atomic mass is 10.2. The maximum Gasteiger partial charge on any atom is 0.229 e. The molecule has 0 spiro atoms. The summed E-state index contributed by atoms with van der Waals surface area (Å²) in [5.74, 6) is 1.30. The molecule has 0 atom stereocenters. The zero-order valence-corrected chi connectivity index (χ0v) is 13.6. The zero-order valence-electron chi connectivity index (χ0n) is 12.0. The van der Waals surface area contributed by atoms with Crippen molar-refractivity contribution in [2.75, 3.05) is 10.6 Å². The van der Waals surface area contributed by atoms with Gasteiger partial charge in [-0.1, -0.05) is 30.3 Å². The Hall–Kier alpha value is -2.40. The third-order valence-electron chi connectivity index (χ3n) is 3.18. The first-order valence-corrected chi connectivity index (χ1v) is 7.69. The number of rotatable bonds is 4. The Morgan fingerprint density at radius 1 is 0.864 bits per heavy atom. The van der Waals surface area contributed by atoms with Crippen LogP contribution in [0.25, 0.3) is 0 Å². The summed E-state index contributed by atoms with van der Waals surface area (Å²) in [5.41, 5.74) is 3.13. The molecule has 0 amide bonds. The lowest BCUT2D eigenvalue weighted by Gasteiger charge is -2.10. The summed E-state index contributed by atoms with van der Waals surface area (Å²) in [7, 11) is 0. The van der Waals surface area contributed by atoms with E-state index in [2.05, 4.69) is 49.5 Å². The monoisotopic (exact) mass is 354 g/mol. The minimum Gasteiger partial charge on any atom is -0.340 e. The molecule has 3 aromatic rings. The van der Waals surface area contributed by atoms with Crippen LogP contribution < -0.4 is 10.6 Å². The second-order valence-electron chi connectivity index (χ2n) is 4.81. The summed E-state index contributed by atoms with van der Waals surface area (Å²) in [4.78, 5) is 8.75. The first kappa shape index (κ1) is 14.5. The molecule has 3 rings (SSSR count). The minimum atomic E-state index is 0.547. The summed E-state index contributed by atoms with van der Waals surface area (Å²) in [6.07, 6.45) is 1.73. The average molecular weight is 355 g/mol. The maximum absolute atomic E-state index is 4.49. The topological polar surface area (TPSA) is 49.8 Å². The number of hydrogen-bond acceptors (Lipinski definition) is 4. The molecule has 2 N–H and O–H groups in total. The molecule has 0 saturated carbocycles. The van der Waals surface area contributed by atoms with Crippen LogP contribution in [0.5, 0.6) is 0 Å². The Kier molecular flexibility index (Phi) is 4.34. The molecule has 0 unspecified atom stereocenters. The van der Waals surface area contributed by atoms with Crippen molar-refractivity contribution < 1.29 is 0 Å². The van der Waals surface area contributed by atoms with Crippen LogP contribution in [0, 0.1) is 6.92 Å². The fraction of sp³-hybridized carbons (Fsp3) is 0.0588. The van der Waals surface area contributed by atoms with E-state index in [0.717, 1.165) is 21.7 Å². The van der Waals surface area contributed by atoms with Crippen molar-refractivity contribution in [2.45, 2.75) is 6.92 Å². The lowest BCUT2D eigenvalue weighted by molar-refractivity contribution is 1.16. The van der Waals surface area contributed by atoms with Crippen molar-refractivity contribution in [3.63, 3.8) is 0 Å². The molecular weight excluding hydrogens is 340 g/mol. The van der Waals surface area contributed by atoms with Gasteiger partial charge in [0.1, 0.15) is 5.82 Å². The van der Waals surface area contributed by atoms with Crippen LogP contribution in [-0.4, -0.2) is 9.97 Å². The Labute approximate surface area is 137 Å². The zero-order chi connectivity index (χ0) is 15.4. The van der Waals surface area contributed by atoms with E-state index >= 15 is 0 Å². The molecule has 0 bridgehead atoms. The molecule has 0 aliphatic heterocycles. The number of para-hydroxylation sites is 2. The van der Waals surface area contributed by atoms with E-state index < -0.39 is 0 Å². The molecule has 0 fully saturated rings. The summed E-state index contributed by atoms with van der Waals surface area (Å²) in [6, 6.07) is 17.8. The molecule has 4 nitrogen and oxygen atoms in total. The number of hydrogen-bond donors (Lipinski definition) is 2. The predicted molar refractivity (Wildman–Crippen MR) is 93.9 cm³/mol. The molecule has 1 heterocycles. The summed E-state index contributed by atoms with van der Waals surface area (Å²) in [5, 5.41) is 6.51. The molecule has 0 aliphatic carbocycles. The van der Waals surface area contributed by atoms with Gasteiger partial charge in [0.05, 0.1) is 5.69 Å². The van der Waals surface area contributed by atoms with Gasteiger partial charge < -0.3 is 10.6 Å². The van der Waals surface area contributed by atoms with Crippen molar-refractivity contribution in [1.29, 1.82) is 0 Å². The molecule has 110 valence electrons. The highest BCUT2D eigenvalue weighted by atomic mass is 79.9. The molecule has 5 heteroatoms. The normalized spacial score (nSPS) is 10.3. The van der Waals surface area contributed by atoms with E-state index in [-0.39, 0.29) is 0 Å². The van der Waals surface area contributed by atoms with E-state index in [9.17, 15) is 0 Å². The van der Waals surface area contributed by atoms with Gasteiger partial charge in [0.25, 0.3) is 0 Å². The first-order chi connectivity index (χ1) is 10.7. The van der Waals surface area contributed by atoms with Crippen LogP contribution >= 0.6 is 15.9 Å². The van der Waals surface area contributed by atoms with Gasteiger partial charge in [0, 0.05) is 16.4 Å². The smallest absolute Gasteiger partial charge is 0.229 e. The van der Waals surface area contributed by atoms with Gasteiger partial charge in [-0.3, -0.25) is 0 Å². The quantitative estimate of drug-likeness (QED) is 0.689. The van der Waals surface area contributed by atoms with E-state index in [0.29, 0.717) is 5.95 Å². The van der Waals surface area contributed by atoms with Gasteiger partial charge in [-0.05, 0) is 52.7 Å². The van der Waals surface area contributed by atoms with Crippen LogP contribution in [-0.2, 0) is 0 Å². The molecular formula is C17H15BrN4. The van der Waals surface area contributed by atoms with Crippen LogP contribution in [0.2, 0.25) is 0 Å². The van der Waals surface area contributed by atoms with E-state index in [1.165, 1.54) is 5.56 Å². The number of halogens is 1. The average Bonchev–Trinajstić information content (AvgIpc) is 2.52. The van der Waals surface area contributed by atoms with Gasteiger partial charge in [0.15, 0.2) is 0 Å². The summed E-state index contributed by atoms with van der Waals surface area (Å²) in [6.45, 7) is 2.06. The van der Waals surface area contributed by atoms with E-state index in [4.69, 9.17) is 0 Å². The van der Waals surface area contributed by atoms with Gasteiger partial charge in [-0.15, -0.1) is 0 Å². The Morgan fingerprint density at radius 3 is 2.36 bits per heavy atom. The molecule has 2 aromatic carbocycles. The van der Waals surface area contributed by atoms with E-state index in [1.807, 2.05) is 48.5 Å². The second kappa shape index (κ2) is 6.58. The number of anilines is 4. The van der Waals surface area contributed by atoms with Crippen LogP contribution in [0.3, 0.4) is 0 Å². The van der Waals surface area contributed by atoms with Crippen molar-refractivity contribution in [3.05, 3.63) is 70.8 Å². The molecule has 0 saturated heterocycles. The standard InChI is InChI=1S/C17H15BrN4/c1-12-6-2-4-8-14(12)20-16-10-11-19-17(22-16)21-15-9-5-3-7-13(15)18/h2-11H,1H3,(H2,19,20,21,22). The molecule has 22 heavy (non-hydrogen) atoms. The second-order valence-corrected chi connectivity index (χ2v) is 5.66. The van der Waals surface area contributed by atoms with Gasteiger partial charge in [-0.25, -0.2) is 4.98 Å². The van der Waals surface area contributed by atoms with E-state index in [1.54, 1.807) is 6.20 Å². The molecule has 1 aromatic heterocycles. The number of nitrogens with one attached hydrogen (secondary N) is 2. The predicted octanol–water partition coefficient (Wildman–Crippen LogP) is 5.03. The van der Waals surface area contributed by atoms with Gasteiger partial charge in [-0.2, -0.15) is 4.98 Å². The third-order valence-corrected chi connectivity index (χ3v) is 3.88. The van der Waals surface area contributed by atoms with Crippen LogP contribution in [0.4, 0.5) is 23.1 Å². The van der Waals surface area contributed by atoms with Crippen molar-refractivity contribution in [2.24, 2.45) is 0 Å². The highest BCUT2D eigenvalue weighted by molar-refractivity contribution is 9.10. The number of aryl methyl sites for hydroxylation is 1. The molecule has 0 radical (unpaired) electrons. The molecule has 0 aliphatic rings. The lowest BCUT2D eigenvalue weighted by Crippen LogP contribution is -2.01. The fourth-order valence-electron chi connectivity index (χ4n) is 2.02. The van der Waals surface area contributed by atoms with Gasteiger partial charge in [0.2, 0.25) is 5.95 Å². The SMILES string of the molecule is Cc1ccccc1Nc1ccnc(Nc2ccccc2Br)n1. The maximum atomic E-state index is 4.49. The van der Waals surface area contributed by atoms with Crippen molar-refractivity contribution in [1.82, 2.24) is 9.97 Å². The van der Waals surface area contributed by atoms with Crippen LogP contribution in [0.15, 0.2) is 65.3 Å². The Balaban J connectivity index is 1.81. The highest BCUT2D eigenvalue weighted by Crippen LogP contribution is 2.24. The number of nitrogens with zero attached hydrogens (tertiary/aromatic N) is 2. The van der Waals surface area contributed by atoms with Crippen LogP contribution in [0.1, 0.15) is 5.56 Å². The highest BCUT2D eigenvalue weighted by Gasteiger charge is 2.04. The minimum absolute atomic E-state index is 0.547. The van der Waals surface area contributed by atoms with Crippen molar-refractivity contribution in [3.8, 4) is 0 Å². The summed E-state index contributed by atoms with van der Waals surface area (Å²) < 4.78 is 0.968. The number of aromatic nitrogens is 2. The van der Waals surface area contributed by atoms with Gasteiger partial charge >= 0.3 is 0 Å². The Bertz CT molecular complexity index is 726. The number of benzene rings is 2. The largest absolute Gasteiger partial charge is 0.340 e. The fourth-order valence-corrected chi connectivity index (χ4v) is 2.41. The third kappa shape index (κ3) is 3.43. The summed E-state index contributed by atoms with van der Waals surface area (Å²) >= 11 is 3.50. The Morgan fingerprint density at radius 2 is 1.59 bits per heavy atom.